The van der Waals surface area contributed by atoms with Gasteiger partial charge in [-0.2, -0.15) is 0 Å². The highest BCUT2D eigenvalue weighted by atomic mass is 16.2. The third-order valence-corrected chi connectivity index (χ3v) is 3.58. The first-order chi connectivity index (χ1) is 9.24. The second kappa shape index (κ2) is 6.57. The minimum Gasteiger partial charge on any atom is -0.338 e. The maximum Gasteiger partial charge on any atom is 0.321 e. The number of amides is 2. The average molecular weight is 261 g/mol. The van der Waals surface area contributed by atoms with Crippen molar-refractivity contribution in [2.24, 2.45) is 5.73 Å². The number of carbonyl (C=O) groups is 1. The minimum absolute atomic E-state index is 0.00463. The fourth-order valence-corrected chi connectivity index (χ4v) is 2.47. The van der Waals surface area contributed by atoms with Crippen LogP contribution in [0.3, 0.4) is 0 Å². The Morgan fingerprint density at radius 3 is 3.05 bits per heavy atom. The van der Waals surface area contributed by atoms with Crippen LogP contribution in [0.25, 0.3) is 0 Å². The van der Waals surface area contributed by atoms with Gasteiger partial charge in [0, 0.05) is 19.1 Å². The summed E-state index contributed by atoms with van der Waals surface area (Å²) in [5, 5.41) is 2.98. The molecule has 0 saturated carbocycles. The topological polar surface area (TPSA) is 58.4 Å². The van der Waals surface area contributed by atoms with Gasteiger partial charge >= 0.3 is 6.03 Å². The molecule has 1 aromatic carbocycles. The van der Waals surface area contributed by atoms with Crippen molar-refractivity contribution in [3.8, 4) is 0 Å². The summed E-state index contributed by atoms with van der Waals surface area (Å²) in [5.41, 5.74) is 8.21. The molecule has 1 heterocycles. The Morgan fingerprint density at radius 2 is 2.26 bits per heavy atom. The van der Waals surface area contributed by atoms with Crippen LogP contribution in [0.1, 0.15) is 44.2 Å². The summed E-state index contributed by atoms with van der Waals surface area (Å²) in [7, 11) is 0. The molecule has 4 heteroatoms. The van der Waals surface area contributed by atoms with Gasteiger partial charge in [-0.15, -0.1) is 0 Å². The predicted molar refractivity (Wildman–Crippen MR) is 78.3 cm³/mol. The van der Waals surface area contributed by atoms with Crippen molar-refractivity contribution in [1.82, 2.24) is 5.32 Å². The number of fused-ring (bicyclic) bond motifs is 1. The molecule has 1 atom stereocenters. The van der Waals surface area contributed by atoms with Gasteiger partial charge in [0.1, 0.15) is 0 Å². The molecular formula is C15H23N3O. The third-order valence-electron chi connectivity index (χ3n) is 3.58. The molecule has 0 spiro atoms. The average Bonchev–Trinajstić information content (AvgIpc) is 2.59. The summed E-state index contributed by atoms with van der Waals surface area (Å²) < 4.78 is 0. The number of carbonyl (C=O) groups excluding carboxylic acids is 1. The van der Waals surface area contributed by atoms with Gasteiger partial charge in [-0.05, 0) is 30.9 Å². The van der Waals surface area contributed by atoms with E-state index in [1.165, 1.54) is 0 Å². The lowest BCUT2D eigenvalue weighted by Crippen LogP contribution is -2.41. The first-order valence-electron chi connectivity index (χ1n) is 7.14. The molecule has 1 aromatic rings. The molecular weight excluding hydrogens is 238 g/mol. The lowest BCUT2D eigenvalue weighted by Gasteiger charge is -2.23. The van der Waals surface area contributed by atoms with E-state index in [-0.39, 0.29) is 12.1 Å². The van der Waals surface area contributed by atoms with Crippen molar-refractivity contribution < 1.29 is 4.79 Å². The van der Waals surface area contributed by atoms with Crippen LogP contribution in [0.15, 0.2) is 24.3 Å². The number of unbranched alkanes of at least 4 members (excludes halogenated alkanes) is 1. The Balaban J connectivity index is 2.16. The minimum atomic E-state index is -0.00463. The van der Waals surface area contributed by atoms with Crippen LogP contribution in [0.2, 0.25) is 0 Å². The number of nitrogens with zero attached hydrogens (tertiary/aromatic N) is 1. The summed E-state index contributed by atoms with van der Waals surface area (Å²) in [6.45, 7) is 3.59. The highest BCUT2D eigenvalue weighted by Gasteiger charge is 2.23. The van der Waals surface area contributed by atoms with Crippen molar-refractivity contribution >= 4 is 11.7 Å². The zero-order valence-electron chi connectivity index (χ0n) is 11.6. The summed E-state index contributed by atoms with van der Waals surface area (Å²) in [5.74, 6) is 0. The Labute approximate surface area is 115 Å². The van der Waals surface area contributed by atoms with Crippen LogP contribution in [0.4, 0.5) is 10.5 Å². The van der Waals surface area contributed by atoms with Crippen molar-refractivity contribution in [3.63, 3.8) is 0 Å². The Morgan fingerprint density at radius 1 is 1.47 bits per heavy atom. The summed E-state index contributed by atoms with van der Waals surface area (Å²) in [6.07, 6.45) is 3.97. The van der Waals surface area contributed by atoms with E-state index in [9.17, 15) is 4.79 Å². The number of urea groups is 1. The van der Waals surface area contributed by atoms with Crippen molar-refractivity contribution in [3.05, 3.63) is 29.8 Å². The predicted octanol–water partition coefficient (Wildman–Crippen LogP) is 2.80. The first-order valence-corrected chi connectivity index (χ1v) is 7.14. The number of anilines is 1. The molecule has 3 N–H and O–H groups in total. The van der Waals surface area contributed by atoms with E-state index >= 15 is 0 Å². The highest BCUT2D eigenvalue weighted by molar-refractivity contribution is 5.93. The van der Waals surface area contributed by atoms with E-state index in [4.69, 9.17) is 5.73 Å². The lowest BCUT2D eigenvalue weighted by atomic mass is 10.0. The molecule has 1 unspecified atom stereocenters. The van der Waals surface area contributed by atoms with Gasteiger partial charge in [0.25, 0.3) is 0 Å². The van der Waals surface area contributed by atoms with Gasteiger partial charge in [-0.3, -0.25) is 4.90 Å². The van der Waals surface area contributed by atoms with E-state index in [0.29, 0.717) is 0 Å². The number of hydrogen-bond acceptors (Lipinski definition) is 2. The second-order valence-electron chi connectivity index (χ2n) is 5.04. The van der Waals surface area contributed by atoms with Gasteiger partial charge < -0.3 is 11.1 Å². The fraction of sp³-hybridized carbons (Fsp3) is 0.533. The molecule has 104 valence electrons. The number of hydrogen-bond donors (Lipinski definition) is 2. The highest BCUT2D eigenvalue weighted by Crippen LogP contribution is 2.31. The fourth-order valence-electron chi connectivity index (χ4n) is 2.47. The quantitative estimate of drug-likeness (QED) is 0.822. The number of para-hydroxylation sites is 1. The molecule has 0 aliphatic carbocycles. The first kappa shape index (κ1) is 13.9. The molecule has 0 bridgehead atoms. The molecule has 19 heavy (non-hydrogen) atoms. The lowest BCUT2D eigenvalue weighted by molar-refractivity contribution is 0.246. The van der Waals surface area contributed by atoms with Gasteiger partial charge in [-0.25, -0.2) is 4.79 Å². The standard InChI is InChI=1S/C15H23N3O/c1-2-3-10-17-15(19)18-11-6-8-13(16)12-7-4-5-9-14(12)18/h4-5,7,9,13H,2-3,6,8,10-11,16H2,1H3,(H,17,19). The number of benzene rings is 1. The second-order valence-corrected chi connectivity index (χ2v) is 5.04. The van der Waals surface area contributed by atoms with E-state index in [1.807, 2.05) is 29.2 Å². The molecule has 0 radical (unpaired) electrons. The number of rotatable bonds is 3. The normalized spacial score (nSPS) is 18.6. The number of nitrogens with one attached hydrogen (secondary N) is 1. The van der Waals surface area contributed by atoms with Crippen LogP contribution in [0, 0.1) is 0 Å². The van der Waals surface area contributed by atoms with Gasteiger partial charge in [-0.1, -0.05) is 31.5 Å². The molecule has 0 aromatic heterocycles. The molecule has 2 amide bonds. The molecule has 4 nitrogen and oxygen atoms in total. The summed E-state index contributed by atoms with van der Waals surface area (Å²) >= 11 is 0. The molecule has 0 fully saturated rings. The maximum atomic E-state index is 12.3. The van der Waals surface area contributed by atoms with Gasteiger partial charge in [0.05, 0.1) is 5.69 Å². The monoisotopic (exact) mass is 261 g/mol. The summed E-state index contributed by atoms with van der Waals surface area (Å²) in [4.78, 5) is 14.1. The molecule has 0 saturated heterocycles. The van der Waals surface area contributed by atoms with Crippen molar-refractivity contribution in [2.75, 3.05) is 18.0 Å². The molecule has 2 rings (SSSR count). The zero-order chi connectivity index (χ0) is 13.7. The Kier molecular flexibility index (Phi) is 4.80. The van der Waals surface area contributed by atoms with Crippen LogP contribution in [0.5, 0.6) is 0 Å². The van der Waals surface area contributed by atoms with Gasteiger partial charge in [0.15, 0.2) is 0 Å². The van der Waals surface area contributed by atoms with E-state index < -0.39 is 0 Å². The summed E-state index contributed by atoms with van der Waals surface area (Å²) in [6, 6.07) is 7.98. The Bertz CT molecular complexity index is 433. The molecule has 1 aliphatic heterocycles. The zero-order valence-corrected chi connectivity index (χ0v) is 11.6. The smallest absolute Gasteiger partial charge is 0.321 e. The van der Waals surface area contributed by atoms with Crippen LogP contribution >= 0.6 is 0 Å². The molecule has 1 aliphatic rings. The maximum absolute atomic E-state index is 12.3. The van der Waals surface area contributed by atoms with Crippen molar-refractivity contribution in [2.45, 2.75) is 38.6 Å². The third kappa shape index (κ3) is 3.26. The van der Waals surface area contributed by atoms with Crippen LogP contribution in [-0.4, -0.2) is 19.1 Å². The van der Waals surface area contributed by atoms with Crippen LogP contribution < -0.4 is 16.0 Å². The van der Waals surface area contributed by atoms with E-state index in [1.54, 1.807) is 0 Å². The number of nitrogens with two attached hydrogens (primary N) is 1. The SMILES string of the molecule is CCCCNC(=O)N1CCCC(N)c2ccccc21. The van der Waals surface area contributed by atoms with Crippen LogP contribution in [-0.2, 0) is 0 Å². The van der Waals surface area contributed by atoms with E-state index in [0.717, 1.165) is 50.0 Å². The largest absolute Gasteiger partial charge is 0.338 e. The Hall–Kier alpha value is -1.55. The van der Waals surface area contributed by atoms with Crippen molar-refractivity contribution in [1.29, 1.82) is 0 Å². The van der Waals surface area contributed by atoms with E-state index in [2.05, 4.69) is 12.2 Å². The van der Waals surface area contributed by atoms with Gasteiger partial charge in [0.2, 0.25) is 0 Å².